The monoisotopic (exact) mass is 321 g/mol. The van der Waals surface area contributed by atoms with Gasteiger partial charge in [-0.2, -0.15) is 0 Å². The molecular weight excluding hydrogens is 290 g/mol. The van der Waals surface area contributed by atoms with Crippen molar-refractivity contribution in [1.82, 2.24) is 25.1 Å². The van der Waals surface area contributed by atoms with E-state index < -0.39 is 0 Å². The van der Waals surface area contributed by atoms with E-state index in [1.807, 2.05) is 14.0 Å². The second-order valence-electron chi connectivity index (χ2n) is 6.54. The molecule has 2 heterocycles. The van der Waals surface area contributed by atoms with E-state index >= 15 is 0 Å². The summed E-state index contributed by atoms with van der Waals surface area (Å²) in [7, 11) is 1.87. The number of rotatable bonds is 6. The van der Waals surface area contributed by atoms with Crippen LogP contribution in [0.5, 0.6) is 0 Å². The van der Waals surface area contributed by atoms with Crippen LogP contribution in [0.3, 0.4) is 0 Å². The SMILES string of the molecule is CCC(NC(=O)N(C)CCN1CCCCCC1)c1ncc(C)[nH]1. The fourth-order valence-electron chi connectivity index (χ4n) is 2.99. The third-order valence-electron chi connectivity index (χ3n) is 4.56. The van der Waals surface area contributed by atoms with Gasteiger partial charge in [0.2, 0.25) is 0 Å². The minimum atomic E-state index is -0.0585. The number of amides is 2. The molecule has 1 aliphatic rings. The molecule has 130 valence electrons. The van der Waals surface area contributed by atoms with Crippen LogP contribution in [0.4, 0.5) is 4.79 Å². The highest BCUT2D eigenvalue weighted by Crippen LogP contribution is 2.13. The van der Waals surface area contributed by atoms with Crippen molar-refractivity contribution in [3.63, 3.8) is 0 Å². The van der Waals surface area contributed by atoms with Crippen molar-refractivity contribution < 1.29 is 4.79 Å². The van der Waals surface area contributed by atoms with Crippen molar-refractivity contribution in [3.05, 3.63) is 17.7 Å². The van der Waals surface area contributed by atoms with Crippen molar-refractivity contribution in [1.29, 1.82) is 0 Å². The van der Waals surface area contributed by atoms with E-state index in [2.05, 4.69) is 27.1 Å². The third-order valence-corrected chi connectivity index (χ3v) is 4.56. The zero-order valence-corrected chi connectivity index (χ0v) is 14.8. The Labute approximate surface area is 139 Å². The number of likely N-dealkylation sites (tertiary alicyclic amines) is 1. The maximum absolute atomic E-state index is 12.4. The summed E-state index contributed by atoms with van der Waals surface area (Å²) in [5, 5.41) is 3.07. The van der Waals surface area contributed by atoms with Crippen LogP contribution >= 0.6 is 0 Å². The van der Waals surface area contributed by atoms with Gasteiger partial charge in [-0.3, -0.25) is 0 Å². The summed E-state index contributed by atoms with van der Waals surface area (Å²) in [5.74, 6) is 0.833. The Morgan fingerprint density at radius 1 is 1.39 bits per heavy atom. The molecule has 0 bridgehead atoms. The Kier molecular flexibility index (Phi) is 6.89. The smallest absolute Gasteiger partial charge is 0.317 e. The Morgan fingerprint density at radius 3 is 2.65 bits per heavy atom. The lowest BCUT2D eigenvalue weighted by atomic mass is 10.2. The second-order valence-corrected chi connectivity index (χ2v) is 6.54. The van der Waals surface area contributed by atoms with Crippen LogP contribution in [0.2, 0.25) is 0 Å². The molecule has 6 nitrogen and oxygen atoms in total. The highest BCUT2D eigenvalue weighted by molar-refractivity contribution is 5.74. The Hall–Kier alpha value is -1.56. The summed E-state index contributed by atoms with van der Waals surface area (Å²) in [6.45, 7) is 8.08. The largest absolute Gasteiger partial charge is 0.344 e. The number of imidazole rings is 1. The molecule has 1 atom stereocenters. The summed E-state index contributed by atoms with van der Waals surface area (Å²) in [5.41, 5.74) is 1.02. The fourth-order valence-corrected chi connectivity index (χ4v) is 2.99. The number of aromatic amines is 1. The molecule has 23 heavy (non-hydrogen) atoms. The van der Waals surface area contributed by atoms with E-state index in [0.717, 1.165) is 31.0 Å². The number of likely N-dealkylation sites (N-methyl/N-ethyl adjacent to an activating group) is 1. The van der Waals surface area contributed by atoms with Gasteiger partial charge in [-0.25, -0.2) is 9.78 Å². The summed E-state index contributed by atoms with van der Waals surface area (Å²) in [6.07, 6.45) is 7.87. The van der Waals surface area contributed by atoms with Crippen LogP contribution in [0.15, 0.2) is 6.20 Å². The lowest BCUT2D eigenvalue weighted by Gasteiger charge is -2.25. The first-order chi connectivity index (χ1) is 11.1. The highest BCUT2D eigenvalue weighted by atomic mass is 16.2. The average molecular weight is 321 g/mol. The van der Waals surface area contributed by atoms with Gasteiger partial charge in [0.05, 0.1) is 6.04 Å². The van der Waals surface area contributed by atoms with Crippen LogP contribution in [0, 0.1) is 6.92 Å². The van der Waals surface area contributed by atoms with E-state index in [-0.39, 0.29) is 12.1 Å². The summed E-state index contributed by atoms with van der Waals surface area (Å²) in [6, 6.07) is -0.0856. The zero-order chi connectivity index (χ0) is 16.7. The maximum atomic E-state index is 12.4. The van der Waals surface area contributed by atoms with Crippen LogP contribution in [0.25, 0.3) is 0 Å². The van der Waals surface area contributed by atoms with Crippen molar-refractivity contribution in [2.45, 2.75) is 52.0 Å². The van der Waals surface area contributed by atoms with E-state index in [4.69, 9.17) is 0 Å². The number of H-pyrrole nitrogens is 1. The first-order valence-electron chi connectivity index (χ1n) is 8.85. The summed E-state index contributed by atoms with van der Waals surface area (Å²) in [4.78, 5) is 24.2. The summed E-state index contributed by atoms with van der Waals surface area (Å²) < 4.78 is 0. The molecule has 1 aromatic rings. The van der Waals surface area contributed by atoms with E-state index in [9.17, 15) is 4.79 Å². The maximum Gasteiger partial charge on any atom is 0.317 e. The average Bonchev–Trinajstić information content (AvgIpc) is 2.82. The van der Waals surface area contributed by atoms with E-state index in [1.165, 1.54) is 38.8 Å². The molecule has 1 saturated heterocycles. The van der Waals surface area contributed by atoms with Gasteiger partial charge < -0.3 is 20.1 Å². The Bertz CT molecular complexity index is 479. The number of hydrogen-bond acceptors (Lipinski definition) is 3. The van der Waals surface area contributed by atoms with Gasteiger partial charge in [0, 0.05) is 32.0 Å². The molecule has 2 N–H and O–H groups in total. The second kappa shape index (κ2) is 8.91. The molecule has 0 spiro atoms. The van der Waals surface area contributed by atoms with E-state index in [1.54, 1.807) is 11.1 Å². The lowest BCUT2D eigenvalue weighted by Crippen LogP contribution is -2.43. The quantitative estimate of drug-likeness (QED) is 0.846. The molecule has 2 rings (SSSR count). The molecule has 0 aliphatic carbocycles. The molecule has 0 aromatic carbocycles. The third kappa shape index (κ3) is 5.53. The Balaban J connectivity index is 1.79. The first kappa shape index (κ1) is 17.8. The van der Waals surface area contributed by atoms with Crippen molar-refractivity contribution in [3.8, 4) is 0 Å². The highest BCUT2D eigenvalue weighted by Gasteiger charge is 2.18. The molecule has 2 amide bonds. The normalized spacial score (nSPS) is 17.5. The van der Waals surface area contributed by atoms with Gasteiger partial charge in [0.15, 0.2) is 0 Å². The van der Waals surface area contributed by atoms with Crippen molar-refractivity contribution in [2.24, 2.45) is 0 Å². The molecule has 6 heteroatoms. The van der Waals surface area contributed by atoms with Crippen LogP contribution in [-0.4, -0.2) is 59.0 Å². The number of nitrogens with zero attached hydrogens (tertiary/aromatic N) is 3. The number of aromatic nitrogens is 2. The molecule has 1 aliphatic heterocycles. The number of nitrogens with one attached hydrogen (secondary N) is 2. The molecule has 1 aromatic heterocycles. The van der Waals surface area contributed by atoms with Gasteiger partial charge in [0.1, 0.15) is 5.82 Å². The standard InChI is InChI=1S/C17H31N5O/c1-4-15(16-18-13-14(2)19-16)20-17(23)21(3)11-12-22-9-7-5-6-8-10-22/h13,15H,4-12H2,1-3H3,(H,18,19)(H,20,23). The molecular formula is C17H31N5O. The van der Waals surface area contributed by atoms with Crippen molar-refractivity contribution in [2.75, 3.05) is 33.2 Å². The number of urea groups is 1. The zero-order valence-electron chi connectivity index (χ0n) is 14.8. The predicted molar refractivity (Wildman–Crippen MR) is 92.4 cm³/mol. The molecule has 0 radical (unpaired) electrons. The van der Waals surface area contributed by atoms with Crippen LogP contribution < -0.4 is 5.32 Å². The molecule has 0 saturated carbocycles. The van der Waals surface area contributed by atoms with Gasteiger partial charge in [-0.15, -0.1) is 0 Å². The van der Waals surface area contributed by atoms with Crippen LogP contribution in [0.1, 0.15) is 56.6 Å². The Morgan fingerprint density at radius 2 is 2.09 bits per heavy atom. The fraction of sp³-hybridized carbons (Fsp3) is 0.765. The van der Waals surface area contributed by atoms with Crippen molar-refractivity contribution >= 4 is 6.03 Å². The molecule has 1 unspecified atom stereocenters. The molecule has 1 fully saturated rings. The van der Waals surface area contributed by atoms with Gasteiger partial charge in [0.25, 0.3) is 0 Å². The summed E-state index contributed by atoms with van der Waals surface area (Å²) >= 11 is 0. The van der Waals surface area contributed by atoms with Gasteiger partial charge in [-0.05, 0) is 39.3 Å². The minimum absolute atomic E-state index is 0.0271. The van der Waals surface area contributed by atoms with Gasteiger partial charge in [-0.1, -0.05) is 19.8 Å². The minimum Gasteiger partial charge on any atom is -0.344 e. The van der Waals surface area contributed by atoms with Gasteiger partial charge >= 0.3 is 6.03 Å². The number of hydrogen-bond donors (Lipinski definition) is 2. The van der Waals surface area contributed by atoms with E-state index in [0.29, 0.717) is 0 Å². The number of aryl methyl sites for hydroxylation is 1. The number of carbonyl (C=O) groups excluding carboxylic acids is 1. The predicted octanol–water partition coefficient (Wildman–Crippen LogP) is 2.69. The topological polar surface area (TPSA) is 64.3 Å². The number of carbonyl (C=O) groups is 1. The lowest BCUT2D eigenvalue weighted by molar-refractivity contribution is 0.191. The van der Waals surface area contributed by atoms with Crippen LogP contribution in [-0.2, 0) is 0 Å². The first-order valence-corrected chi connectivity index (χ1v) is 8.85.